The zero-order chi connectivity index (χ0) is 56.0. The van der Waals surface area contributed by atoms with Crippen molar-refractivity contribution in [2.24, 2.45) is 21.7 Å². The van der Waals surface area contributed by atoms with Crippen molar-refractivity contribution in [1.29, 1.82) is 0 Å². The number of carbonyl (C=O) groups excluding carboxylic acids is 1. The number of unbranched alkanes of at least 4 members (excludes halogenated alkanes) is 6. The number of ether oxygens (including phenoxy) is 2. The lowest BCUT2D eigenvalue weighted by Crippen LogP contribution is -2.46. The van der Waals surface area contributed by atoms with Crippen molar-refractivity contribution in [2.75, 3.05) is 6.61 Å². The van der Waals surface area contributed by atoms with Crippen LogP contribution in [0, 0.1) is 28.6 Å². The Labute approximate surface area is 489 Å². The summed E-state index contributed by atoms with van der Waals surface area (Å²) in [4.78, 5) is 17.3. The Balaban J connectivity index is 0.779. The lowest BCUT2D eigenvalue weighted by molar-refractivity contribution is -0.145. The van der Waals surface area contributed by atoms with Crippen molar-refractivity contribution in [3.05, 3.63) is 174 Å². The van der Waals surface area contributed by atoms with Gasteiger partial charge in [-0.05, 0) is 224 Å². The summed E-state index contributed by atoms with van der Waals surface area (Å²) < 4.78 is 14.3. The minimum Gasteiger partial charge on any atom is -0.494 e. The van der Waals surface area contributed by atoms with Gasteiger partial charge in [-0.15, -0.1) is 34.0 Å². The molecule has 5 aromatic carbocycles. The maximum atomic E-state index is 12.0. The smallest absolute Gasteiger partial charge is 0.306 e. The molecule has 4 aliphatic carbocycles. The minimum atomic E-state index is -0.397. The third-order valence-corrected chi connectivity index (χ3v) is 23.5. The number of aryl methyl sites for hydroxylation is 1. The number of carbonyl (C=O) groups is 1. The van der Waals surface area contributed by atoms with Crippen LogP contribution in [-0.2, 0) is 20.4 Å². The van der Waals surface area contributed by atoms with Crippen LogP contribution >= 0.6 is 34.0 Å². The van der Waals surface area contributed by atoms with Gasteiger partial charge in [-0.25, -0.2) is 0 Å². The van der Waals surface area contributed by atoms with Crippen molar-refractivity contribution in [3.63, 3.8) is 0 Å². The summed E-state index contributed by atoms with van der Waals surface area (Å²) in [5.41, 5.74) is 18.2. The molecular formula is C74H80O3S3. The van der Waals surface area contributed by atoms with Gasteiger partial charge in [0, 0.05) is 46.2 Å². The summed E-state index contributed by atoms with van der Waals surface area (Å²) in [6, 6.07) is 48.2. The van der Waals surface area contributed by atoms with E-state index in [1.807, 2.05) is 34.0 Å². The normalized spacial score (nSPS) is 17.9. The van der Waals surface area contributed by atoms with Gasteiger partial charge in [0.2, 0.25) is 0 Å². The number of rotatable bonds is 18. The van der Waals surface area contributed by atoms with Gasteiger partial charge >= 0.3 is 5.97 Å². The van der Waals surface area contributed by atoms with E-state index in [1.165, 1.54) is 140 Å². The standard InChI is InChI=1S/C74H80O3S3/c1-12-53(13-2)77-68(75)21-19-17-15-14-16-18-20-40-76-54-28-22-48(23-29-54)63-34-35-64(79-63)51-26-32-57-55-30-24-49(42-59(55)73(61(57)44-51)69(4,5)36-37-70(73,6)7)50-25-31-56-58-33-27-52(65-46-67-66(80-65)41-47(3)78-67)45-62(58)74(60(56)43-50)71(8,9)38-39-72(74,10)11/h12-13,22-35,41-46,53H,1-2,14-21,36-40H2,3-11H3. The Bertz CT molecular complexity index is 3630. The summed E-state index contributed by atoms with van der Waals surface area (Å²) in [5.74, 6) is 0.747. The summed E-state index contributed by atoms with van der Waals surface area (Å²) in [6.07, 6.45) is 15.6. The molecule has 3 aromatic heterocycles. The molecule has 412 valence electrons. The molecule has 0 saturated heterocycles. The van der Waals surface area contributed by atoms with Crippen LogP contribution in [-0.4, -0.2) is 18.7 Å². The number of fused-ring (bicyclic) bond motifs is 11. The van der Waals surface area contributed by atoms with Crippen LogP contribution in [0.1, 0.15) is 160 Å². The van der Waals surface area contributed by atoms with Crippen molar-refractivity contribution in [3.8, 4) is 70.5 Å². The topological polar surface area (TPSA) is 35.5 Å². The van der Waals surface area contributed by atoms with Crippen LogP contribution in [0.4, 0.5) is 0 Å². The molecule has 12 rings (SSSR count). The lowest BCUT2D eigenvalue weighted by atomic mass is 9.53. The Morgan fingerprint density at radius 1 is 0.475 bits per heavy atom. The fourth-order valence-corrected chi connectivity index (χ4v) is 19.7. The van der Waals surface area contributed by atoms with E-state index in [-0.39, 0.29) is 38.5 Å². The number of esters is 1. The molecule has 2 spiro atoms. The second kappa shape index (κ2) is 20.6. The first kappa shape index (κ1) is 54.8. The van der Waals surface area contributed by atoms with Crippen LogP contribution in [0.5, 0.6) is 5.75 Å². The Morgan fingerprint density at radius 2 is 0.887 bits per heavy atom. The molecule has 6 heteroatoms. The highest BCUT2D eigenvalue weighted by Crippen LogP contribution is 2.74. The molecule has 3 nitrogen and oxygen atoms in total. The molecule has 2 saturated carbocycles. The molecule has 4 aliphatic rings. The van der Waals surface area contributed by atoms with Gasteiger partial charge in [0.1, 0.15) is 11.9 Å². The van der Waals surface area contributed by atoms with E-state index in [9.17, 15) is 4.79 Å². The number of benzene rings is 5. The highest BCUT2D eigenvalue weighted by Gasteiger charge is 2.66. The molecular weight excluding hydrogens is 1030 g/mol. The van der Waals surface area contributed by atoms with E-state index in [1.54, 1.807) is 12.2 Å². The SMILES string of the molecule is C=CC(C=C)OC(=O)CCCCCCCCCOc1ccc(-c2ccc(-c3ccc4c(c3)C3(c5cc(-c6ccc7c(c6)C6(c8cc(-c9cc%10sc(C)cc%10s9)ccc8-7)C(C)(C)CCC6(C)C)ccc5-4)C(C)(C)CCC3(C)C)s2)cc1. The van der Waals surface area contributed by atoms with E-state index in [4.69, 9.17) is 9.47 Å². The highest BCUT2D eigenvalue weighted by molar-refractivity contribution is 7.29. The number of thiophene rings is 3. The predicted molar refractivity (Wildman–Crippen MR) is 343 cm³/mol. The fourth-order valence-electron chi connectivity index (χ4n) is 16.4. The minimum absolute atomic E-state index is 0.0373. The van der Waals surface area contributed by atoms with E-state index in [2.05, 4.69) is 197 Å². The zero-order valence-electron chi connectivity index (χ0n) is 48.8. The molecule has 0 radical (unpaired) electrons. The average molecular weight is 1110 g/mol. The largest absolute Gasteiger partial charge is 0.494 e. The first-order chi connectivity index (χ1) is 38.3. The zero-order valence-corrected chi connectivity index (χ0v) is 51.3. The molecule has 0 N–H and O–H groups in total. The molecule has 0 aliphatic heterocycles. The van der Waals surface area contributed by atoms with Crippen molar-refractivity contribution < 1.29 is 14.3 Å². The van der Waals surface area contributed by atoms with Gasteiger partial charge in [0.15, 0.2) is 0 Å². The third-order valence-electron chi connectivity index (χ3n) is 20.1. The summed E-state index contributed by atoms with van der Waals surface area (Å²) >= 11 is 5.75. The lowest BCUT2D eigenvalue weighted by Gasteiger charge is -2.49. The van der Waals surface area contributed by atoms with Gasteiger partial charge in [0.25, 0.3) is 0 Å². The van der Waals surface area contributed by atoms with Gasteiger partial charge in [-0.3, -0.25) is 4.79 Å². The van der Waals surface area contributed by atoms with E-state index in [0.29, 0.717) is 6.42 Å². The third kappa shape index (κ3) is 8.78. The molecule has 80 heavy (non-hydrogen) atoms. The van der Waals surface area contributed by atoms with Crippen molar-refractivity contribution in [1.82, 2.24) is 0 Å². The van der Waals surface area contributed by atoms with E-state index >= 15 is 0 Å². The monoisotopic (exact) mass is 1110 g/mol. The second-order valence-electron chi connectivity index (χ2n) is 26.5. The van der Waals surface area contributed by atoms with E-state index in [0.717, 1.165) is 44.5 Å². The molecule has 0 unspecified atom stereocenters. The van der Waals surface area contributed by atoms with Gasteiger partial charge in [-0.2, -0.15) is 0 Å². The van der Waals surface area contributed by atoms with Crippen molar-refractivity contribution in [2.45, 2.75) is 156 Å². The van der Waals surface area contributed by atoms with Gasteiger partial charge in [0.05, 0.1) is 6.61 Å². The Kier molecular flexibility index (Phi) is 14.1. The summed E-state index contributed by atoms with van der Waals surface area (Å²) in [6.45, 7) is 30.8. The van der Waals surface area contributed by atoms with Gasteiger partial charge < -0.3 is 9.47 Å². The van der Waals surface area contributed by atoms with Crippen LogP contribution < -0.4 is 4.74 Å². The Morgan fingerprint density at radius 3 is 1.38 bits per heavy atom. The molecule has 3 heterocycles. The first-order valence-electron chi connectivity index (χ1n) is 29.7. The quantitative estimate of drug-likeness (QED) is 0.0488. The van der Waals surface area contributed by atoms with E-state index < -0.39 is 6.10 Å². The predicted octanol–water partition coefficient (Wildman–Crippen LogP) is 22.0. The molecule has 8 aromatic rings. The number of hydrogen-bond donors (Lipinski definition) is 0. The number of hydrogen-bond acceptors (Lipinski definition) is 6. The summed E-state index contributed by atoms with van der Waals surface area (Å²) in [7, 11) is 0. The second-order valence-corrected chi connectivity index (χ2v) is 29.9. The molecule has 0 bridgehead atoms. The van der Waals surface area contributed by atoms with Crippen LogP contribution in [0.2, 0.25) is 0 Å². The molecule has 0 amide bonds. The average Bonchev–Trinajstić information content (AvgIpc) is 4.36. The Hall–Kier alpha value is -5.79. The maximum Gasteiger partial charge on any atom is 0.306 e. The molecule has 2 fully saturated rings. The van der Waals surface area contributed by atoms with Crippen LogP contribution in [0.3, 0.4) is 0 Å². The fraction of sp³-hybridized carbons (Fsp3) is 0.392. The van der Waals surface area contributed by atoms with Gasteiger partial charge in [-0.1, -0.05) is 149 Å². The van der Waals surface area contributed by atoms with Crippen LogP contribution in [0.25, 0.3) is 74.1 Å². The maximum absolute atomic E-state index is 12.0. The summed E-state index contributed by atoms with van der Waals surface area (Å²) in [5, 5.41) is 0. The highest BCUT2D eigenvalue weighted by atomic mass is 32.1. The van der Waals surface area contributed by atoms with Crippen LogP contribution in [0.15, 0.2) is 147 Å². The molecule has 0 atom stereocenters. The van der Waals surface area contributed by atoms with Crippen molar-refractivity contribution >= 4 is 49.4 Å². The first-order valence-corrected chi connectivity index (χ1v) is 32.2.